The van der Waals surface area contributed by atoms with E-state index in [4.69, 9.17) is 9.72 Å². The molecule has 30 heavy (non-hydrogen) atoms. The fraction of sp³-hybridized carbons (Fsp3) is 0.524. The summed E-state index contributed by atoms with van der Waals surface area (Å²) in [4.78, 5) is 26.4. The number of carbonyl (C=O) groups excluding carboxylic acids is 1. The first-order valence-electron chi connectivity index (χ1n) is 10.7. The number of piperazine rings is 1. The lowest BCUT2D eigenvalue weighted by molar-refractivity contribution is 0.0526. The predicted octanol–water partition coefficient (Wildman–Crippen LogP) is 2.36. The molecule has 2 fully saturated rings. The van der Waals surface area contributed by atoms with Crippen molar-refractivity contribution in [3.8, 4) is 0 Å². The molecule has 0 spiro atoms. The van der Waals surface area contributed by atoms with Crippen molar-refractivity contribution in [1.29, 1.82) is 0 Å². The van der Waals surface area contributed by atoms with Gasteiger partial charge >= 0.3 is 5.97 Å². The highest BCUT2D eigenvalue weighted by atomic mass is 16.5. The quantitative estimate of drug-likeness (QED) is 0.666. The van der Waals surface area contributed by atoms with Crippen LogP contribution in [0.3, 0.4) is 0 Å². The van der Waals surface area contributed by atoms with E-state index in [1.165, 1.54) is 12.8 Å². The molecule has 1 saturated carbocycles. The van der Waals surface area contributed by atoms with Crippen LogP contribution in [0.25, 0.3) is 0 Å². The number of esters is 1. The third-order valence-corrected chi connectivity index (χ3v) is 5.40. The number of carbonyl (C=O) groups is 1. The number of hydrazine groups is 1. The van der Waals surface area contributed by atoms with Gasteiger partial charge in [0, 0.05) is 44.6 Å². The first-order chi connectivity index (χ1) is 14.8. The molecule has 9 heteroatoms. The van der Waals surface area contributed by atoms with Crippen LogP contribution in [0.4, 0.5) is 17.6 Å². The largest absolute Gasteiger partial charge is 0.462 e. The summed E-state index contributed by atoms with van der Waals surface area (Å²) in [7, 11) is 0. The Bertz CT molecular complexity index is 837. The second-order valence-electron chi connectivity index (χ2n) is 7.48. The van der Waals surface area contributed by atoms with Crippen molar-refractivity contribution >= 4 is 23.6 Å². The van der Waals surface area contributed by atoms with Crippen molar-refractivity contribution in [2.75, 3.05) is 43.1 Å². The molecule has 0 bridgehead atoms. The summed E-state index contributed by atoms with van der Waals surface area (Å²) in [5.74, 6) is 1.36. The van der Waals surface area contributed by atoms with Gasteiger partial charge in [0.15, 0.2) is 0 Å². The van der Waals surface area contributed by atoms with Crippen molar-refractivity contribution in [3.63, 3.8) is 0 Å². The van der Waals surface area contributed by atoms with E-state index in [9.17, 15) is 4.79 Å². The molecule has 2 aromatic rings. The van der Waals surface area contributed by atoms with Crippen molar-refractivity contribution in [2.24, 2.45) is 0 Å². The van der Waals surface area contributed by atoms with Gasteiger partial charge in [0.05, 0.1) is 6.61 Å². The standard InChI is InChI=1S/C21H29N7O2/c1-2-30-20(29)17-15-24-21(26-19(17)25-16-7-3-4-8-16)28(18-9-5-6-10-23-18)27-13-11-22-12-14-27/h5-6,9-10,15-16,22H,2-4,7-8,11-14H2,1H3,(H,24,25,26). The average Bonchev–Trinajstić information content (AvgIpc) is 3.29. The van der Waals surface area contributed by atoms with Crippen LogP contribution in [0.2, 0.25) is 0 Å². The molecule has 0 aromatic carbocycles. The van der Waals surface area contributed by atoms with Crippen LogP contribution in [0, 0.1) is 0 Å². The Balaban J connectivity index is 1.71. The lowest BCUT2D eigenvalue weighted by Gasteiger charge is -2.36. The van der Waals surface area contributed by atoms with Gasteiger partial charge in [-0.25, -0.2) is 24.8 Å². The van der Waals surface area contributed by atoms with E-state index in [2.05, 4.69) is 25.6 Å². The summed E-state index contributed by atoms with van der Waals surface area (Å²) in [6, 6.07) is 6.08. The van der Waals surface area contributed by atoms with Crippen LogP contribution in [0.5, 0.6) is 0 Å². The van der Waals surface area contributed by atoms with Gasteiger partial charge in [0.2, 0.25) is 5.95 Å². The van der Waals surface area contributed by atoms with Gasteiger partial charge in [-0.2, -0.15) is 4.98 Å². The second kappa shape index (κ2) is 9.82. The van der Waals surface area contributed by atoms with Gasteiger partial charge in [-0.05, 0) is 31.9 Å². The van der Waals surface area contributed by atoms with Gasteiger partial charge < -0.3 is 15.4 Å². The van der Waals surface area contributed by atoms with Gasteiger partial charge in [-0.1, -0.05) is 18.9 Å². The van der Waals surface area contributed by atoms with Gasteiger partial charge in [-0.3, -0.25) is 0 Å². The summed E-state index contributed by atoms with van der Waals surface area (Å²) >= 11 is 0. The van der Waals surface area contributed by atoms with Crippen LogP contribution >= 0.6 is 0 Å². The van der Waals surface area contributed by atoms with Gasteiger partial charge in [-0.15, -0.1) is 0 Å². The van der Waals surface area contributed by atoms with E-state index in [-0.39, 0.29) is 0 Å². The van der Waals surface area contributed by atoms with E-state index < -0.39 is 5.97 Å². The minimum absolute atomic E-state index is 0.309. The molecule has 0 unspecified atom stereocenters. The molecule has 2 aromatic heterocycles. The smallest absolute Gasteiger partial charge is 0.343 e. The van der Waals surface area contributed by atoms with Crippen LogP contribution in [0.15, 0.2) is 30.6 Å². The molecule has 1 aliphatic carbocycles. The van der Waals surface area contributed by atoms with Crippen LogP contribution < -0.4 is 15.6 Å². The highest BCUT2D eigenvalue weighted by molar-refractivity contribution is 5.94. The Morgan fingerprint density at radius 3 is 2.77 bits per heavy atom. The zero-order valence-corrected chi connectivity index (χ0v) is 17.4. The van der Waals surface area contributed by atoms with Crippen molar-refractivity contribution in [3.05, 3.63) is 36.2 Å². The highest BCUT2D eigenvalue weighted by Crippen LogP contribution is 2.28. The van der Waals surface area contributed by atoms with Crippen molar-refractivity contribution in [2.45, 2.75) is 38.6 Å². The topological polar surface area (TPSA) is 95.5 Å². The third-order valence-electron chi connectivity index (χ3n) is 5.40. The molecule has 2 aliphatic rings. The van der Waals surface area contributed by atoms with Crippen LogP contribution in [-0.4, -0.2) is 64.8 Å². The maximum absolute atomic E-state index is 12.5. The number of hydrogen-bond acceptors (Lipinski definition) is 9. The molecule has 0 amide bonds. The first-order valence-corrected chi connectivity index (χ1v) is 10.7. The van der Waals surface area contributed by atoms with Gasteiger partial charge in [0.25, 0.3) is 0 Å². The minimum Gasteiger partial charge on any atom is -0.462 e. The maximum Gasteiger partial charge on any atom is 0.343 e. The summed E-state index contributed by atoms with van der Waals surface area (Å²) < 4.78 is 5.23. The molecular formula is C21H29N7O2. The number of anilines is 3. The maximum atomic E-state index is 12.5. The summed E-state index contributed by atoms with van der Waals surface area (Å²) in [5.41, 5.74) is 0.369. The normalized spacial score (nSPS) is 17.6. The highest BCUT2D eigenvalue weighted by Gasteiger charge is 2.27. The third kappa shape index (κ3) is 4.68. The monoisotopic (exact) mass is 411 g/mol. The summed E-state index contributed by atoms with van der Waals surface area (Å²) in [6.45, 7) is 5.47. The van der Waals surface area contributed by atoms with Gasteiger partial charge in [0.1, 0.15) is 17.2 Å². The molecule has 9 nitrogen and oxygen atoms in total. The fourth-order valence-electron chi connectivity index (χ4n) is 3.91. The Morgan fingerprint density at radius 2 is 2.07 bits per heavy atom. The number of rotatable bonds is 7. The Morgan fingerprint density at radius 1 is 1.27 bits per heavy atom. The number of nitrogens with zero attached hydrogens (tertiary/aromatic N) is 5. The molecule has 1 saturated heterocycles. The molecule has 3 heterocycles. The van der Waals surface area contributed by atoms with E-state index in [1.54, 1.807) is 19.3 Å². The summed E-state index contributed by atoms with van der Waals surface area (Å²) in [6.07, 6.45) is 7.84. The molecule has 4 rings (SSSR count). The lowest BCUT2D eigenvalue weighted by atomic mass is 10.2. The van der Waals surface area contributed by atoms with Crippen molar-refractivity contribution in [1.82, 2.24) is 25.3 Å². The minimum atomic E-state index is -0.406. The number of pyridine rings is 1. The van der Waals surface area contributed by atoms with E-state index in [0.29, 0.717) is 30.0 Å². The zero-order chi connectivity index (χ0) is 20.8. The van der Waals surface area contributed by atoms with Crippen LogP contribution in [0.1, 0.15) is 43.0 Å². The number of aromatic nitrogens is 3. The SMILES string of the molecule is CCOC(=O)c1cnc(N(c2ccccn2)N2CCNCC2)nc1NC1CCCC1. The van der Waals surface area contributed by atoms with E-state index in [0.717, 1.165) is 44.8 Å². The van der Waals surface area contributed by atoms with Crippen LogP contribution in [-0.2, 0) is 4.74 Å². The molecule has 2 N–H and O–H groups in total. The Labute approximate surface area is 176 Å². The first kappa shape index (κ1) is 20.5. The van der Waals surface area contributed by atoms with E-state index >= 15 is 0 Å². The second-order valence-corrected chi connectivity index (χ2v) is 7.48. The van der Waals surface area contributed by atoms with E-state index in [1.807, 2.05) is 23.2 Å². The molecular weight excluding hydrogens is 382 g/mol. The predicted molar refractivity (Wildman–Crippen MR) is 115 cm³/mol. The van der Waals surface area contributed by atoms with Crippen molar-refractivity contribution < 1.29 is 9.53 Å². The fourth-order valence-corrected chi connectivity index (χ4v) is 3.91. The Hall–Kier alpha value is -2.78. The summed E-state index contributed by atoms with van der Waals surface area (Å²) in [5, 5.41) is 11.0. The average molecular weight is 412 g/mol. The zero-order valence-electron chi connectivity index (χ0n) is 17.4. The lowest BCUT2D eigenvalue weighted by Crippen LogP contribution is -2.51. The number of nitrogens with one attached hydrogen (secondary N) is 2. The molecule has 0 radical (unpaired) electrons. The molecule has 160 valence electrons. The number of hydrogen-bond donors (Lipinski definition) is 2. The number of ether oxygens (including phenoxy) is 1. The Kier molecular flexibility index (Phi) is 6.70. The molecule has 0 atom stereocenters. The molecule has 1 aliphatic heterocycles.